The predicted molar refractivity (Wildman–Crippen MR) is 63.1 cm³/mol. The van der Waals surface area contributed by atoms with E-state index in [1.54, 1.807) is 18.1 Å². The number of hydrogen-bond acceptors (Lipinski definition) is 5. The molecule has 0 aromatic heterocycles. The standard InChI is InChI=1S/C12H21NO4/c1-4-9-13-10(12(14)16-6-3)7-8-11(17-13)15-5-2/h4,10-11H,1,5-9H2,2-3H3/t10-,11+/m1/s1. The number of carbonyl (C=O) groups excluding carboxylic acids is 1. The minimum absolute atomic E-state index is 0.246. The van der Waals surface area contributed by atoms with Crippen LogP contribution in [0.5, 0.6) is 0 Å². The summed E-state index contributed by atoms with van der Waals surface area (Å²) >= 11 is 0. The molecule has 0 amide bonds. The first kappa shape index (κ1) is 14.2. The van der Waals surface area contributed by atoms with Crippen molar-refractivity contribution in [3.8, 4) is 0 Å². The van der Waals surface area contributed by atoms with Crippen LogP contribution in [0, 0.1) is 0 Å². The Morgan fingerprint density at radius 2 is 2.24 bits per heavy atom. The van der Waals surface area contributed by atoms with Gasteiger partial charge in [0, 0.05) is 19.6 Å². The lowest BCUT2D eigenvalue weighted by atomic mass is 10.1. The van der Waals surface area contributed by atoms with Gasteiger partial charge >= 0.3 is 5.97 Å². The van der Waals surface area contributed by atoms with Gasteiger partial charge in [0.1, 0.15) is 6.04 Å². The summed E-state index contributed by atoms with van der Waals surface area (Å²) in [4.78, 5) is 17.3. The Bertz CT molecular complexity index is 257. The van der Waals surface area contributed by atoms with Gasteiger partial charge in [0.15, 0.2) is 6.29 Å². The average molecular weight is 243 g/mol. The van der Waals surface area contributed by atoms with Crippen LogP contribution in [0.15, 0.2) is 12.7 Å². The van der Waals surface area contributed by atoms with E-state index in [-0.39, 0.29) is 18.3 Å². The van der Waals surface area contributed by atoms with Crippen LogP contribution in [0.3, 0.4) is 0 Å². The van der Waals surface area contributed by atoms with Crippen LogP contribution < -0.4 is 0 Å². The Hall–Kier alpha value is -0.910. The lowest BCUT2D eigenvalue weighted by Gasteiger charge is -2.36. The first-order valence-corrected chi connectivity index (χ1v) is 6.05. The van der Waals surface area contributed by atoms with Crippen molar-refractivity contribution in [3.63, 3.8) is 0 Å². The fraction of sp³-hybridized carbons (Fsp3) is 0.750. The molecule has 5 heteroatoms. The highest BCUT2D eigenvalue weighted by molar-refractivity contribution is 5.75. The monoisotopic (exact) mass is 243 g/mol. The largest absolute Gasteiger partial charge is 0.465 e. The Labute approximate surface area is 102 Å². The van der Waals surface area contributed by atoms with Gasteiger partial charge in [-0.2, -0.15) is 5.06 Å². The van der Waals surface area contributed by atoms with E-state index in [0.717, 1.165) is 0 Å². The molecule has 2 atom stereocenters. The third kappa shape index (κ3) is 4.11. The maximum atomic E-state index is 11.7. The van der Waals surface area contributed by atoms with E-state index < -0.39 is 0 Å². The van der Waals surface area contributed by atoms with Gasteiger partial charge in [0.25, 0.3) is 0 Å². The van der Waals surface area contributed by atoms with Crippen molar-refractivity contribution in [2.75, 3.05) is 19.8 Å². The van der Waals surface area contributed by atoms with E-state index in [2.05, 4.69) is 6.58 Å². The third-order valence-corrected chi connectivity index (χ3v) is 2.50. The zero-order chi connectivity index (χ0) is 12.7. The second-order valence-corrected chi connectivity index (χ2v) is 3.72. The molecule has 98 valence electrons. The van der Waals surface area contributed by atoms with Crippen LogP contribution in [0.4, 0.5) is 0 Å². The van der Waals surface area contributed by atoms with Gasteiger partial charge in [-0.05, 0) is 20.3 Å². The molecule has 1 aliphatic rings. The topological polar surface area (TPSA) is 48.0 Å². The Morgan fingerprint density at radius 1 is 1.47 bits per heavy atom. The highest BCUT2D eigenvalue weighted by Crippen LogP contribution is 2.22. The van der Waals surface area contributed by atoms with Gasteiger partial charge in [0.2, 0.25) is 0 Å². The molecule has 0 radical (unpaired) electrons. The average Bonchev–Trinajstić information content (AvgIpc) is 2.30. The second kappa shape index (κ2) is 7.42. The lowest BCUT2D eigenvalue weighted by Crippen LogP contribution is -2.49. The summed E-state index contributed by atoms with van der Waals surface area (Å²) in [5.41, 5.74) is 0. The van der Waals surface area contributed by atoms with E-state index >= 15 is 0 Å². The summed E-state index contributed by atoms with van der Waals surface area (Å²) in [5.74, 6) is -0.246. The summed E-state index contributed by atoms with van der Waals surface area (Å²) in [6.07, 6.45) is 2.80. The van der Waals surface area contributed by atoms with Crippen LogP contribution in [0.25, 0.3) is 0 Å². The molecule has 0 saturated carbocycles. The zero-order valence-electron chi connectivity index (χ0n) is 10.6. The molecule has 0 spiro atoms. The number of hydroxylamine groups is 2. The minimum atomic E-state index is -0.357. The lowest BCUT2D eigenvalue weighted by molar-refractivity contribution is -0.313. The fourth-order valence-electron chi connectivity index (χ4n) is 1.79. The molecule has 0 bridgehead atoms. The van der Waals surface area contributed by atoms with Crippen LogP contribution in [0.1, 0.15) is 26.7 Å². The van der Waals surface area contributed by atoms with Gasteiger partial charge in [0.05, 0.1) is 6.61 Å². The van der Waals surface area contributed by atoms with Crippen LogP contribution in [-0.4, -0.2) is 43.1 Å². The SMILES string of the molecule is C=CCN1O[C@H](OCC)CC[C@@H]1C(=O)OCC. The van der Waals surface area contributed by atoms with Gasteiger partial charge in [-0.1, -0.05) is 6.08 Å². The highest BCUT2D eigenvalue weighted by Gasteiger charge is 2.34. The smallest absolute Gasteiger partial charge is 0.325 e. The summed E-state index contributed by atoms with van der Waals surface area (Å²) in [6.45, 7) is 8.81. The van der Waals surface area contributed by atoms with Crippen molar-refractivity contribution in [1.29, 1.82) is 0 Å². The molecule has 0 aromatic rings. The Kier molecular flexibility index (Phi) is 6.18. The van der Waals surface area contributed by atoms with Gasteiger partial charge in [-0.25, -0.2) is 0 Å². The fourth-order valence-corrected chi connectivity index (χ4v) is 1.79. The van der Waals surface area contributed by atoms with Crippen molar-refractivity contribution in [2.45, 2.75) is 39.0 Å². The predicted octanol–water partition coefficient (Wildman–Crippen LogP) is 1.49. The summed E-state index contributed by atoms with van der Waals surface area (Å²) in [7, 11) is 0. The second-order valence-electron chi connectivity index (χ2n) is 3.72. The normalized spacial score (nSPS) is 25.5. The number of carbonyl (C=O) groups is 1. The number of nitrogens with zero attached hydrogens (tertiary/aromatic N) is 1. The number of rotatable bonds is 6. The maximum Gasteiger partial charge on any atom is 0.325 e. The van der Waals surface area contributed by atoms with E-state index in [0.29, 0.717) is 32.6 Å². The van der Waals surface area contributed by atoms with Crippen molar-refractivity contribution in [1.82, 2.24) is 5.06 Å². The van der Waals surface area contributed by atoms with E-state index in [9.17, 15) is 4.79 Å². The Balaban J connectivity index is 2.58. The molecule has 0 aliphatic carbocycles. The quantitative estimate of drug-likeness (QED) is 0.522. The van der Waals surface area contributed by atoms with Crippen molar-refractivity contribution >= 4 is 5.97 Å². The van der Waals surface area contributed by atoms with Crippen LogP contribution >= 0.6 is 0 Å². The van der Waals surface area contributed by atoms with E-state index in [1.165, 1.54) is 0 Å². The van der Waals surface area contributed by atoms with Crippen LogP contribution in [-0.2, 0) is 19.1 Å². The molecule has 5 nitrogen and oxygen atoms in total. The molecule has 0 unspecified atom stereocenters. The molecule has 1 heterocycles. The molecule has 1 aliphatic heterocycles. The number of ether oxygens (including phenoxy) is 2. The summed E-state index contributed by atoms with van der Waals surface area (Å²) in [6, 6.07) is -0.357. The first-order valence-electron chi connectivity index (χ1n) is 6.05. The Morgan fingerprint density at radius 3 is 2.82 bits per heavy atom. The maximum absolute atomic E-state index is 11.7. The zero-order valence-corrected chi connectivity index (χ0v) is 10.6. The number of esters is 1. The number of hydrogen-bond donors (Lipinski definition) is 0. The van der Waals surface area contributed by atoms with Crippen molar-refractivity contribution in [3.05, 3.63) is 12.7 Å². The molecule has 1 fully saturated rings. The van der Waals surface area contributed by atoms with Gasteiger partial charge in [-0.15, -0.1) is 6.58 Å². The first-order chi connectivity index (χ1) is 8.22. The molecular weight excluding hydrogens is 222 g/mol. The summed E-state index contributed by atoms with van der Waals surface area (Å²) in [5, 5.41) is 1.59. The molecule has 1 saturated heterocycles. The van der Waals surface area contributed by atoms with Crippen molar-refractivity contribution in [2.24, 2.45) is 0 Å². The molecular formula is C12H21NO4. The van der Waals surface area contributed by atoms with Crippen LogP contribution in [0.2, 0.25) is 0 Å². The minimum Gasteiger partial charge on any atom is -0.465 e. The molecule has 17 heavy (non-hydrogen) atoms. The van der Waals surface area contributed by atoms with E-state index in [4.69, 9.17) is 14.3 Å². The van der Waals surface area contributed by atoms with Gasteiger partial charge < -0.3 is 9.47 Å². The molecule has 0 N–H and O–H groups in total. The third-order valence-electron chi connectivity index (χ3n) is 2.50. The van der Waals surface area contributed by atoms with Gasteiger partial charge in [-0.3, -0.25) is 9.63 Å². The van der Waals surface area contributed by atoms with E-state index in [1.807, 2.05) is 6.92 Å². The summed E-state index contributed by atoms with van der Waals surface area (Å²) < 4.78 is 10.4. The van der Waals surface area contributed by atoms with Crippen molar-refractivity contribution < 1.29 is 19.1 Å². The molecule has 1 rings (SSSR count). The molecule has 0 aromatic carbocycles. The highest BCUT2D eigenvalue weighted by atomic mass is 16.8.